The Hall–Kier alpha value is -3.38. The van der Waals surface area contributed by atoms with Crippen molar-refractivity contribution in [2.75, 3.05) is 26.2 Å². The number of urea groups is 2. The molecule has 6 atom stereocenters. The number of amides is 7. The van der Waals surface area contributed by atoms with Crippen molar-refractivity contribution in [1.29, 1.82) is 0 Å². The zero-order valence-electron chi connectivity index (χ0n) is 27.4. The molecule has 2 saturated heterocycles. The number of hydrogen-bond acceptors (Lipinski definition) is 6. The van der Waals surface area contributed by atoms with E-state index in [0.29, 0.717) is 39.0 Å². The number of nitrogens with zero attached hydrogens (tertiary/aromatic N) is 2. The number of fused-ring (bicyclic) bond motifs is 1. The Kier molecular flexibility index (Phi) is 9.02. The maximum absolute atomic E-state index is 14.2. The quantitative estimate of drug-likeness (QED) is 0.228. The monoisotopic (exact) mass is 617 g/mol. The minimum Gasteiger partial charge on any atom is -0.363 e. The van der Waals surface area contributed by atoms with Crippen molar-refractivity contribution in [3.63, 3.8) is 0 Å². The van der Waals surface area contributed by atoms with Gasteiger partial charge >= 0.3 is 12.1 Å². The van der Waals surface area contributed by atoms with E-state index in [4.69, 9.17) is 5.73 Å². The summed E-state index contributed by atoms with van der Waals surface area (Å²) in [6.45, 7) is 17.5. The van der Waals surface area contributed by atoms with Crippen LogP contribution in [-0.4, -0.2) is 95.7 Å². The molecule has 13 heteroatoms. The summed E-state index contributed by atoms with van der Waals surface area (Å²) in [7, 11) is 0. The molecule has 13 nitrogen and oxygen atoms in total. The summed E-state index contributed by atoms with van der Waals surface area (Å²) in [5.41, 5.74) is 4.00. The molecule has 246 valence electrons. The van der Waals surface area contributed by atoms with E-state index in [0.717, 1.165) is 6.42 Å². The lowest BCUT2D eigenvalue weighted by molar-refractivity contribution is -0.145. The molecule has 0 aromatic heterocycles. The van der Waals surface area contributed by atoms with Gasteiger partial charge in [0.25, 0.3) is 5.91 Å². The van der Waals surface area contributed by atoms with Crippen molar-refractivity contribution in [3.05, 3.63) is 0 Å². The summed E-state index contributed by atoms with van der Waals surface area (Å²) >= 11 is 0. The van der Waals surface area contributed by atoms with Crippen molar-refractivity contribution in [3.8, 4) is 0 Å². The Morgan fingerprint density at radius 3 is 2.16 bits per heavy atom. The zero-order valence-corrected chi connectivity index (χ0v) is 27.4. The first-order chi connectivity index (χ1) is 20.2. The van der Waals surface area contributed by atoms with Crippen LogP contribution in [0, 0.1) is 34.0 Å². The number of nitrogens with two attached hydrogens (primary N) is 1. The fourth-order valence-corrected chi connectivity index (χ4v) is 6.79. The van der Waals surface area contributed by atoms with Gasteiger partial charge in [0.1, 0.15) is 18.1 Å². The normalized spacial score (nSPS) is 26.5. The molecule has 44 heavy (non-hydrogen) atoms. The SMILES string of the molecule is CC(C)(C)[C@H](NC(=O)N[C@H](CN1CCCNC1=O)C(C)(C)C)C(=O)N1C[C@H]2[C@@H]([C@H]1C(=O)NC(C(=O)C(N)=O)C1CC1)C2(C)C. The van der Waals surface area contributed by atoms with Gasteiger partial charge in [0.2, 0.25) is 17.6 Å². The molecule has 2 aliphatic heterocycles. The van der Waals surface area contributed by atoms with Crippen molar-refractivity contribution in [1.82, 2.24) is 31.1 Å². The molecule has 2 saturated carbocycles. The predicted molar refractivity (Wildman–Crippen MR) is 163 cm³/mol. The van der Waals surface area contributed by atoms with Crippen molar-refractivity contribution >= 4 is 35.6 Å². The van der Waals surface area contributed by atoms with E-state index < -0.39 is 53.2 Å². The highest BCUT2D eigenvalue weighted by Gasteiger charge is 2.70. The van der Waals surface area contributed by atoms with E-state index in [1.54, 1.807) is 4.90 Å². The third-order valence-corrected chi connectivity index (χ3v) is 9.99. The number of ketones is 1. The lowest BCUT2D eigenvalue weighted by Gasteiger charge is -2.40. The van der Waals surface area contributed by atoms with Gasteiger partial charge in [-0.05, 0) is 53.3 Å². The average Bonchev–Trinajstić information content (AvgIpc) is 3.78. The molecule has 4 fully saturated rings. The molecule has 2 heterocycles. The van der Waals surface area contributed by atoms with Crippen LogP contribution in [0.3, 0.4) is 0 Å². The van der Waals surface area contributed by atoms with Gasteiger partial charge < -0.3 is 36.8 Å². The molecule has 2 aliphatic carbocycles. The number of Topliss-reactive ketones (excluding diaryl/α,β-unsaturated/α-hetero) is 1. The topological polar surface area (TPSA) is 183 Å². The lowest BCUT2D eigenvalue weighted by Crippen LogP contribution is -2.63. The van der Waals surface area contributed by atoms with Crippen LogP contribution in [0.5, 0.6) is 0 Å². The molecule has 4 aliphatic rings. The summed E-state index contributed by atoms with van der Waals surface area (Å²) in [5.74, 6) is -2.97. The highest BCUT2D eigenvalue weighted by molar-refractivity contribution is 6.38. The van der Waals surface area contributed by atoms with Crippen LogP contribution in [0.25, 0.3) is 0 Å². The van der Waals surface area contributed by atoms with Crippen LogP contribution in [0.2, 0.25) is 0 Å². The summed E-state index contributed by atoms with van der Waals surface area (Å²) < 4.78 is 0. The molecule has 6 N–H and O–H groups in total. The lowest BCUT2D eigenvalue weighted by atomic mass is 9.84. The van der Waals surface area contributed by atoms with E-state index in [1.165, 1.54) is 4.90 Å². The smallest absolute Gasteiger partial charge is 0.317 e. The number of piperidine rings is 1. The van der Waals surface area contributed by atoms with Crippen molar-refractivity contribution < 1.29 is 28.8 Å². The molecule has 0 spiro atoms. The molecule has 4 rings (SSSR count). The van der Waals surface area contributed by atoms with Crippen LogP contribution in [0.4, 0.5) is 9.59 Å². The molecule has 0 bridgehead atoms. The van der Waals surface area contributed by atoms with Crippen LogP contribution in [-0.2, 0) is 19.2 Å². The maximum Gasteiger partial charge on any atom is 0.317 e. The number of rotatable bonds is 10. The zero-order chi connectivity index (χ0) is 32.9. The molecular formula is C31H51N7O6. The first-order valence-electron chi connectivity index (χ1n) is 15.8. The third kappa shape index (κ3) is 6.96. The number of likely N-dealkylation sites (tertiary alicyclic amines) is 1. The summed E-state index contributed by atoms with van der Waals surface area (Å²) in [6.07, 6.45) is 2.23. The molecule has 0 radical (unpaired) electrons. The largest absolute Gasteiger partial charge is 0.363 e. The Morgan fingerprint density at radius 2 is 1.64 bits per heavy atom. The van der Waals surface area contributed by atoms with E-state index in [1.807, 2.05) is 41.5 Å². The first kappa shape index (κ1) is 33.5. The van der Waals surface area contributed by atoms with Gasteiger partial charge in [-0.15, -0.1) is 0 Å². The number of carbonyl (C=O) groups excluding carboxylic acids is 6. The number of carbonyl (C=O) groups is 6. The Bertz CT molecular complexity index is 1200. The molecule has 0 aromatic rings. The van der Waals surface area contributed by atoms with Gasteiger partial charge in [0, 0.05) is 26.2 Å². The first-order valence-corrected chi connectivity index (χ1v) is 15.8. The van der Waals surface area contributed by atoms with E-state index >= 15 is 0 Å². The van der Waals surface area contributed by atoms with Crippen LogP contribution < -0.4 is 27.0 Å². The second-order valence-corrected chi connectivity index (χ2v) is 15.8. The Morgan fingerprint density at radius 1 is 1.00 bits per heavy atom. The van der Waals surface area contributed by atoms with Gasteiger partial charge in [0.15, 0.2) is 0 Å². The van der Waals surface area contributed by atoms with Gasteiger partial charge in [-0.25, -0.2) is 9.59 Å². The van der Waals surface area contributed by atoms with Crippen LogP contribution in [0.1, 0.15) is 74.7 Å². The van der Waals surface area contributed by atoms with Crippen molar-refractivity contribution in [2.45, 2.75) is 98.8 Å². The van der Waals surface area contributed by atoms with Gasteiger partial charge in [-0.2, -0.15) is 0 Å². The number of primary amides is 1. The average molecular weight is 618 g/mol. The molecule has 1 unspecified atom stereocenters. The second kappa shape index (κ2) is 11.8. The van der Waals surface area contributed by atoms with Crippen LogP contribution in [0.15, 0.2) is 0 Å². The number of nitrogens with one attached hydrogen (secondary N) is 4. The maximum atomic E-state index is 14.2. The van der Waals surface area contributed by atoms with Gasteiger partial charge in [0.05, 0.1) is 6.04 Å². The van der Waals surface area contributed by atoms with Gasteiger partial charge in [-0.1, -0.05) is 55.4 Å². The number of hydrogen-bond donors (Lipinski definition) is 5. The minimum atomic E-state index is -1.09. The summed E-state index contributed by atoms with van der Waals surface area (Å²) in [4.78, 5) is 81.3. The van der Waals surface area contributed by atoms with E-state index in [2.05, 4.69) is 35.1 Å². The molecule has 0 aromatic carbocycles. The fourth-order valence-electron chi connectivity index (χ4n) is 6.79. The highest BCUT2D eigenvalue weighted by Crippen LogP contribution is 2.65. The minimum absolute atomic E-state index is 0.0869. The highest BCUT2D eigenvalue weighted by atomic mass is 16.2. The fraction of sp³-hybridized carbons (Fsp3) is 0.806. The van der Waals surface area contributed by atoms with Crippen molar-refractivity contribution in [2.24, 2.45) is 39.7 Å². The third-order valence-electron chi connectivity index (χ3n) is 9.99. The van der Waals surface area contributed by atoms with Crippen LogP contribution >= 0.6 is 0 Å². The van der Waals surface area contributed by atoms with Gasteiger partial charge in [-0.3, -0.25) is 19.2 Å². The van der Waals surface area contributed by atoms with E-state index in [9.17, 15) is 28.8 Å². The molecular weight excluding hydrogens is 566 g/mol. The Labute approximate surface area is 260 Å². The second-order valence-electron chi connectivity index (χ2n) is 15.8. The van der Waals surface area contributed by atoms with E-state index in [-0.39, 0.29) is 40.5 Å². The summed E-state index contributed by atoms with van der Waals surface area (Å²) in [5, 5.41) is 11.5. The summed E-state index contributed by atoms with van der Waals surface area (Å²) in [6, 6.07) is -3.93. The standard InChI is InChI=1S/C31H51N7O6/c1-29(2,3)18(15-37-13-9-12-33-28(37)44)34-27(43)36-23(30(4,5)6)26(42)38-14-17-19(31(17,7)8)21(38)25(41)35-20(16-10-11-16)22(39)24(32)40/h16-21,23H,9-15H2,1-8H3,(H2,32,40)(H,33,44)(H,35,41)(H2,34,36,43)/t17-,18+,19-,20?,21-,23+/m0/s1. The Balaban J connectivity index is 1.51. The predicted octanol–water partition coefficient (Wildman–Crippen LogP) is 0.963. The molecule has 7 amide bonds.